The zero-order valence-corrected chi connectivity index (χ0v) is 13.8. The number of hydrogen-bond donors (Lipinski definition) is 2. The Hall–Kier alpha value is -1.60. The van der Waals surface area contributed by atoms with Crippen LogP contribution in [0.15, 0.2) is 39.7 Å². The SMILES string of the molecule is Cc1ccc(NS(=O)(=O)c2cc(N)c(F)cc2Br)c(C)c1. The zero-order valence-electron chi connectivity index (χ0n) is 11.4. The van der Waals surface area contributed by atoms with Gasteiger partial charge in [0, 0.05) is 4.47 Å². The second-order valence-corrected chi connectivity index (χ2v) is 7.23. The van der Waals surface area contributed by atoms with Crippen LogP contribution in [0.5, 0.6) is 0 Å². The normalized spacial score (nSPS) is 11.4. The lowest BCUT2D eigenvalue weighted by atomic mass is 10.1. The topological polar surface area (TPSA) is 72.2 Å². The summed E-state index contributed by atoms with van der Waals surface area (Å²) in [5.41, 5.74) is 7.51. The van der Waals surface area contributed by atoms with Crippen LogP contribution in [0.1, 0.15) is 11.1 Å². The highest BCUT2D eigenvalue weighted by molar-refractivity contribution is 9.10. The van der Waals surface area contributed by atoms with Crippen molar-refractivity contribution in [2.75, 3.05) is 10.5 Å². The third kappa shape index (κ3) is 3.36. The summed E-state index contributed by atoms with van der Waals surface area (Å²) in [5.74, 6) is -0.674. The van der Waals surface area contributed by atoms with Crippen LogP contribution < -0.4 is 10.5 Å². The Morgan fingerprint density at radius 1 is 1.19 bits per heavy atom. The minimum atomic E-state index is -3.86. The third-order valence-corrected chi connectivity index (χ3v) is 5.29. The minimum absolute atomic E-state index is 0.110. The van der Waals surface area contributed by atoms with Gasteiger partial charge in [-0.2, -0.15) is 0 Å². The molecule has 0 radical (unpaired) electrons. The number of nitrogens with one attached hydrogen (secondary N) is 1. The average molecular weight is 373 g/mol. The number of halogens is 2. The summed E-state index contributed by atoms with van der Waals surface area (Å²) in [6, 6.07) is 7.48. The van der Waals surface area contributed by atoms with Gasteiger partial charge in [-0.05, 0) is 53.5 Å². The summed E-state index contributed by atoms with van der Waals surface area (Å²) in [7, 11) is -3.86. The maximum atomic E-state index is 13.3. The average Bonchev–Trinajstić information content (AvgIpc) is 2.37. The number of rotatable bonds is 3. The van der Waals surface area contributed by atoms with Gasteiger partial charge < -0.3 is 5.73 Å². The van der Waals surface area contributed by atoms with E-state index in [1.807, 2.05) is 13.0 Å². The molecule has 0 atom stereocenters. The highest BCUT2D eigenvalue weighted by atomic mass is 79.9. The Morgan fingerprint density at radius 2 is 1.86 bits per heavy atom. The molecule has 3 N–H and O–H groups in total. The maximum Gasteiger partial charge on any atom is 0.263 e. The molecule has 0 spiro atoms. The second-order valence-electron chi connectivity index (χ2n) is 4.73. The van der Waals surface area contributed by atoms with Gasteiger partial charge in [0.05, 0.1) is 11.4 Å². The summed E-state index contributed by atoms with van der Waals surface area (Å²) in [4.78, 5) is -0.110. The Morgan fingerprint density at radius 3 is 2.48 bits per heavy atom. The van der Waals surface area contributed by atoms with Gasteiger partial charge in [0.25, 0.3) is 10.0 Å². The summed E-state index contributed by atoms with van der Waals surface area (Å²) < 4.78 is 40.7. The van der Waals surface area contributed by atoms with Crippen LogP contribution in [-0.4, -0.2) is 8.42 Å². The van der Waals surface area contributed by atoms with E-state index in [9.17, 15) is 12.8 Å². The molecule has 112 valence electrons. The Bertz CT molecular complexity index is 807. The second kappa shape index (κ2) is 5.65. The van der Waals surface area contributed by atoms with E-state index in [2.05, 4.69) is 20.7 Å². The molecule has 0 amide bonds. The molecule has 0 aliphatic carbocycles. The van der Waals surface area contributed by atoms with Crippen molar-refractivity contribution < 1.29 is 12.8 Å². The fraction of sp³-hybridized carbons (Fsp3) is 0.143. The molecule has 21 heavy (non-hydrogen) atoms. The van der Waals surface area contributed by atoms with Crippen LogP contribution in [0.3, 0.4) is 0 Å². The first-order valence-corrected chi connectivity index (χ1v) is 8.33. The molecule has 0 saturated heterocycles. The van der Waals surface area contributed by atoms with Crippen LogP contribution in [0.4, 0.5) is 15.8 Å². The molecule has 0 aromatic heterocycles. The largest absolute Gasteiger partial charge is 0.396 e. The molecule has 0 saturated carbocycles. The number of hydrogen-bond acceptors (Lipinski definition) is 3. The van der Waals surface area contributed by atoms with E-state index in [4.69, 9.17) is 5.73 Å². The minimum Gasteiger partial charge on any atom is -0.396 e. The lowest BCUT2D eigenvalue weighted by Gasteiger charge is -2.13. The molecule has 0 bridgehead atoms. The van der Waals surface area contributed by atoms with Crippen molar-refractivity contribution in [2.45, 2.75) is 18.7 Å². The summed E-state index contributed by atoms with van der Waals surface area (Å²) >= 11 is 3.05. The van der Waals surface area contributed by atoms with Crippen LogP contribution >= 0.6 is 15.9 Å². The predicted molar refractivity (Wildman–Crippen MR) is 85.2 cm³/mol. The van der Waals surface area contributed by atoms with Gasteiger partial charge in [0.2, 0.25) is 0 Å². The summed E-state index contributed by atoms with van der Waals surface area (Å²) in [6.45, 7) is 3.72. The monoisotopic (exact) mass is 372 g/mol. The van der Waals surface area contributed by atoms with E-state index < -0.39 is 15.8 Å². The van der Waals surface area contributed by atoms with Crippen molar-refractivity contribution in [1.82, 2.24) is 0 Å². The van der Waals surface area contributed by atoms with Gasteiger partial charge in [0.15, 0.2) is 0 Å². The van der Waals surface area contributed by atoms with Crippen molar-refractivity contribution in [3.05, 3.63) is 51.7 Å². The molecule has 0 fully saturated rings. The maximum absolute atomic E-state index is 13.3. The molecule has 2 aromatic carbocycles. The van der Waals surface area contributed by atoms with Crippen LogP contribution in [0.25, 0.3) is 0 Å². The molecule has 0 aliphatic heterocycles. The smallest absolute Gasteiger partial charge is 0.263 e. The molecule has 2 rings (SSSR count). The number of benzene rings is 2. The van der Waals surface area contributed by atoms with E-state index in [0.29, 0.717) is 5.69 Å². The number of sulfonamides is 1. The van der Waals surface area contributed by atoms with Crippen molar-refractivity contribution in [1.29, 1.82) is 0 Å². The summed E-state index contributed by atoms with van der Waals surface area (Å²) in [6.07, 6.45) is 0. The van der Waals surface area contributed by atoms with Crippen LogP contribution in [0.2, 0.25) is 0 Å². The lowest BCUT2D eigenvalue weighted by molar-refractivity contribution is 0.599. The number of aryl methyl sites for hydroxylation is 2. The number of nitrogens with two attached hydrogens (primary N) is 1. The fourth-order valence-electron chi connectivity index (χ4n) is 1.88. The van der Waals surface area contributed by atoms with Gasteiger partial charge in [-0.3, -0.25) is 4.72 Å². The number of nitrogen functional groups attached to an aromatic ring is 1. The van der Waals surface area contributed by atoms with E-state index in [1.54, 1.807) is 19.1 Å². The zero-order chi connectivity index (χ0) is 15.8. The fourth-order valence-corrected chi connectivity index (χ4v) is 4.06. The quantitative estimate of drug-likeness (QED) is 0.808. The van der Waals surface area contributed by atoms with Gasteiger partial charge in [0.1, 0.15) is 10.7 Å². The molecular formula is C14H14BrFN2O2S. The standard InChI is InChI=1S/C14H14BrFN2O2S/c1-8-3-4-13(9(2)5-8)18-21(19,20)14-7-12(17)11(16)6-10(14)15/h3-7,18H,17H2,1-2H3. The molecule has 0 heterocycles. The van der Waals surface area contributed by atoms with Crippen LogP contribution in [-0.2, 0) is 10.0 Å². The predicted octanol–water partition coefficient (Wildman–Crippen LogP) is 3.59. The van der Waals surface area contributed by atoms with Gasteiger partial charge in [-0.15, -0.1) is 0 Å². The molecular weight excluding hydrogens is 359 g/mol. The first-order valence-electron chi connectivity index (χ1n) is 6.05. The van der Waals surface area contributed by atoms with Crippen molar-refractivity contribution >= 4 is 37.3 Å². The first-order chi connectivity index (χ1) is 9.70. The van der Waals surface area contributed by atoms with E-state index in [-0.39, 0.29) is 15.1 Å². The first kappa shape index (κ1) is 15.8. The Balaban J connectivity index is 2.46. The molecule has 4 nitrogen and oxygen atoms in total. The Kier molecular flexibility index (Phi) is 4.25. The Labute approximate surface area is 131 Å². The van der Waals surface area contributed by atoms with Gasteiger partial charge in [-0.1, -0.05) is 17.7 Å². The van der Waals surface area contributed by atoms with Crippen molar-refractivity contribution in [3.8, 4) is 0 Å². The summed E-state index contributed by atoms with van der Waals surface area (Å²) in [5, 5.41) is 0. The highest BCUT2D eigenvalue weighted by Crippen LogP contribution is 2.29. The molecule has 2 aromatic rings. The van der Waals surface area contributed by atoms with E-state index in [1.165, 1.54) is 0 Å². The van der Waals surface area contributed by atoms with Gasteiger partial charge in [-0.25, -0.2) is 12.8 Å². The van der Waals surface area contributed by atoms with Crippen molar-refractivity contribution in [3.63, 3.8) is 0 Å². The number of anilines is 2. The van der Waals surface area contributed by atoms with Crippen LogP contribution in [0, 0.1) is 19.7 Å². The van der Waals surface area contributed by atoms with E-state index >= 15 is 0 Å². The van der Waals surface area contributed by atoms with Gasteiger partial charge >= 0.3 is 0 Å². The van der Waals surface area contributed by atoms with Crippen molar-refractivity contribution in [2.24, 2.45) is 0 Å². The molecule has 7 heteroatoms. The molecule has 0 unspecified atom stereocenters. The molecule has 0 aliphatic rings. The lowest BCUT2D eigenvalue weighted by Crippen LogP contribution is -2.15. The highest BCUT2D eigenvalue weighted by Gasteiger charge is 2.20. The van der Waals surface area contributed by atoms with E-state index in [0.717, 1.165) is 23.3 Å². The third-order valence-electron chi connectivity index (χ3n) is 2.97.